The van der Waals surface area contributed by atoms with Crippen molar-refractivity contribution in [3.63, 3.8) is 0 Å². The number of sulfonamides is 1. The van der Waals surface area contributed by atoms with Crippen molar-refractivity contribution < 1.29 is 8.42 Å². The molecule has 0 saturated heterocycles. The molecule has 0 aliphatic heterocycles. The third kappa shape index (κ3) is 4.46. The summed E-state index contributed by atoms with van der Waals surface area (Å²) in [4.78, 5) is 13.9. The summed E-state index contributed by atoms with van der Waals surface area (Å²) in [5.41, 5.74) is 2.63. The molecular formula is C24H25N5O2S. The molecular weight excluding hydrogens is 422 g/mol. The molecule has 4 aromatic rings. The zero-order valence-corrected chi connectivity index (χ0v) is 18.9. The second kappa shape index (κ2) is 9.42. The number of fused-ring (bicyclic) bond motifs is 1. The molecule has 0 amide bonds. The van der Waals surface area contributed by atoms with Crippen LogP contribution in [0.5, 0.6) is 0 Å². The summed E-state index contributed by atoms with van der Waals surface area (Å²) in [6.45, 7) is 5.07. The van der Waals surface area contributed by atoms with Gasteiger partial charge in [-0.15, -0.1) is 0 Å². The van der Waals surface area contributed by atoms with Gasteiger partial charge in [0.25, 0.3) is 0 Å². The van der Waals surface area contributed by atoms with E-state index in [4.69, 9.17) is 4.98 Å². The van der Waals surface area contributed by atoms with Crippen LogP contribution in [0.4, 0.5) is 5.82 Å². The fraction of sp³-hybridized carbons (Fsp3) is 0.208. The number of nitrogens with one attached hydrogen (secondary N) is 1. The van der Waals surface area contributed by atoms with E-state index < -0.39 is 10.0 Å². The summed E-state index contributed by atoms with van der Waals surface area (Å²) >= 11 is 0. The molecule has 1 N–H and O–H groups in total. The summed E-state index contributed by atoms with van der Waals surface area (Å²) in [7, 11) is -3.46. The van der Waals surface area contributed by atoms with Crippen LogP contribution in [-0.2, 0) is 16.6 Å². The quantitative estimate of drug-likeness (QED) is 0.432. The first-order valence-corrected chi connectivity index (χ1v) is 12.0. The van der Waals surface area contributed by atoms with E-state index >= 15 is 0 Å². The molecule has 0 bridgehead atoms. The van der Waals surface area contributed by atoms with E-state index in [9.17, 15) is 8.42 Å². The standard InChI is InChI=1S/C24H25N5O2S/c1-3-29(4-2)32(30,31)20-13-11-18(12-14-20)16-26-24-21-9-5-6-10-22(21)27-23(28-24)19-8-7-15-25-17-19/h5-15,17H,3-4,16H2,1-2H3,(H,26,27,28). The van der Waals surface area contributed by atoms with Gasteiger partial charge in [0.1, 0.15) is 5.82 Å². The minimum atomic E-state index is -3.46. The van der Waals surface area contributed by atoms with Crippen molar-refractivity contribution in [2.24, 2.45) is 0 Å². The van der Waals surface area contributed by atoms with E-state index in [1.165, 1.54) is 4.31 Å². The number of rotatable bonds is 8. The molecule has 4 rings (SSSR count). The molecule has 0 spiro atoms. The first kappa shape index (κ1) is 21.9. The molecule has 164 valence electrons. The Morgan fingerprint density at radius 3 is 2.34 bits per heavy atom. The van der Waals surface area contributed by atoms with Gasteiger partial charge in [-0.3, -0.25) is 4.98 Å². The zero-order valence-electron chi connectivity index (χ0n) is 18.1. The lowest BCUT2D eigenvalue weighted by Crippen LogP contribution is -2.30. The predicted molar refractivity (Wildman–Crippen MR) is 127 cm³/mol. The van der Waals surface area contributed by atoms with Crippen molar-refractivity contribution in [2.45, 2.75) is 25.3 Å². The molecule has 0 aliphatic carbocycles. The normalized spacial score (nSPS) is 11.7. The molecule has 0 aliphatic rings. The minimum absolute atomic E-state index is 0.302. The lowest BCUT2D eigenvalue weighted by atomic mass is 10.2. The maximum absolute atomic E-state index is 12.7. The van der Waals surface area contributed by atoms with E-state index in [0.717, 1.165) is 22.0 Å². The van der Waals surface area contributed by atoms with Crippen LogP contribution < -0.4 is 5.32 Å². The van der Waals surface area contributed by atoms with E-state index in [0.29, 0.717) is 36.2 Å². The number of hydrogen-bond donors (Lipinski definition) is 1. The van der Waals surface area contributed by atoms with Crippen LogP contribution in [0.15, 0.2) is 78.0 Å². The Kier molecular flexibility index (Phi) is 6.43. The number of hydrogen-bond acceptors (Lipinski definition) is 6. The van der Waals surface area contributed by atoms with Crippen molar-refractivity contribution in [1.82, 2.24) is 19.3 Å². The maximum atomic E-state index is 12.7. The van der Waals surface area contributed by atoms with Crippen LogP contribution >= 0.6 is 0 Å². The smallest absolute Gasteiger partial charge is 0.243 e. The fourth-order valence-corrected chi connectivity index (χ4v) is 4.97. The SMILES string of the molecule is CCN(CC)S(=O)(=O)c1ccc(CNc2nc(-c3cccnc3)nc3ccccc23)cc1. The van der Waals surface area contributed by atoms with Gasteiger partial charge in [-0.25, -0.2) is 18.4 Å². The first-order chi connectivity index (χ1) is 15.5. The average molecular weight is 448 g/mol. The van der Waals surface area contributed by atoms with Crippen molar-refractivity contribution in [3.8, 4) is 11.4 Å². The van der Waals surface area contributed by atoms with Crippen LogP contribution in [0, 0.1) is 0 Å². The number of pyridine rings is 1. The van der Waals surface area contributed by atoms with Gasteiger partial charge in [-0.1, -0.05) is 38.1 Å². The topological polar surface area (TPSA) is 88.1 Å². The van der Waals surface area contributed by atoms with Crippen molar-refractivity contribution in [2.75, 3.05) is 18.4 Å². The van der Waals surface area contributed by atoms with Gasteiger partial charge in [-0.05, 0) is 42.0 Å². The third-order valence-electron chi connectivity index (χ3n) is 5.25. The molecule has 0 fully saturated rings. The summed E-state index contributed by atoms with van der Waals surface area (Å²) in [5.74, 6) is 1.31. The molecule has 0 saturated carbocycles. The Bertz CT molecular complexity index is 1310. The highest BCUT2D eigenvalue weighted by atomic mass is 32.2. The van der Waals surface area contributed by atoms with Gasteiger partial charge in [-0.2, -0.15) is 4.31 Å². The highest BCUT2D eigenvalue weighted by Crippen LogP contribution is 2.25. The minimum Gasteiger partial charge on any atom is -0.365 e. The number of para-hydroxylation sites is 1. The molecule has 2 aromatic heterocycles. The first-order valence-electron chi connectivity index (χ1n) is 10.5. The molecule has 0 unspecified atom stereocenters. The zero-order chi connectivity index (χ0) is 22.6. The third-order valence-corrected chi connectivity index (χ3v) is 7.31. The van der Waals surface area contributed by atoms with Crippen LogP contribution in [0.2, 0.25) is 0 Å². The van der Waals surface area contributed by atoms with Gasteiger partial charge < -0.3 is 5.32 Å². The Morgan fingerprint density at radius 2 is 1.66 bits per heavy atom. The summed E-state index contributed by atoms with van der Waals surface area (Å²) in [6, 6.07) is 18.6. The van der Waals surface area contributed by atoms with Gasteiger partial charge in [0.2, 0.25) is 10.0 Å². The monoisotopic (exact) mass is 447 g/mol. The summed E-state index contributed by atoms with van der Waals surface area (Å²) in [5, 5.41) is 4.30. The molecule has 7 nitrogen and oxygen atoms in total. The fourth-order valence-electron chi connectivity index (χ4n) is 3.51. The van der Waals surface area contributed by atoms with Gasteiger partial charge >= 0.3 is 0 Å². The van der Waals surface area contributed by atoms with Gasteiger partial charge in [0.05, 0.1) is 10.4 Å². The number of nitrogens with zero attached hydrogens (tertiary/aromatic N) is 4. The van der Waals surface area contributed by atoms with Crippen LogP contribution in [-0.4, -0.2) is 40.8 Å². The van der Waals surface area contributed by atoms with E-state index in [2.05, 4.69) is 15.3 Å². The van der Waals surface area contributed by atoms with Gasteiger partial charge in [0.15, 0.2) is 5.82 Å². The number of aromatic nitrogens is 3. The molecule has 2 heterocycles. The second-order valence-electron chi connectivity index (χ2n) is 7.24. The second-order valence-corrected chi connectivity index (χ2v) is 9.18. The van der Waals surface area contributed by atoms with E-state index in [-0.39, 0.29) is 0 Å². The maximum Gasteiger partial charge on any atom is 0.243 e. The largest absolute Gasteiger partial charge is 0.365 e. The highest BCUT2D eigenvalue weighted by molar-refractivity contribution is 7.89. The molecule has 8 heteroatoms. The predicted octanol–water partition coefficient (Wildman–Crippen LogP) is 4.33. The molecule has 0 atom stereocenters. The van der Waals surface area contributed by atoms with Crippen molar-refractivity contribution in [3.05, 3.63) is 78.6 Å². The molecule has 0 radical (unpaired) electrons. The van der Waals surface area contributed by atoms with E-state index in [1.807, 2.05) is 62.4 Å². The van der Waals surface area contributed by atoms with Crippen LogP contribution in [0.1, 0.15) is 19.4 Å². The molecule has 32 heavy (non-hydrogen) atoms. The highest BCUT2D eigenvalue weighted by Gasteiger charge is 2.21. The summed E-state index contributed by atoms with van der Waals surface area (Å²) < 4.78 is 26.8. The average Bonchev–Trinajstić information content (AvgIpc) is 2.84. The number of benzene rings is 2. The van der Waals surface area contributed by atoms with Crippen molar-refractivity contribution >= 4 is 26.7 Å². The lowest BCUT2D eigenvalue weighted by molar-refractivity contribution is 0.445. The Hall–Kier alpha value is -3.36. The molecule has 2 aromatic carbocycles. The Morgan fingerprint density at radius 1 is 0.906 bits per heavy atom. The number of anilines is 1. The van der Waals surface area contributed by atoms with Crippen LogP contribution in [0.3, 0.4) is 0 Å². The van der Waals surface area contributed by atoms with Gasteiger partial charge in [0, 0.05) is 43.0 Å². The summed E-state index contributed by atoms with van der Waals surface area (Å²) in [6.07, 6.45) is 3.46. The lowest BCUT2D eigenvalue weighted by Gasteiger charge is -2.18. The van der Waals surface area contributed by atoms with E-state index in [1.54, 1.807) is 24.5 Å². The Labute approximate surface area is 188 Å². The Balaban J connectivity index is 1.59. The van der Waals surface area contributed by atoms with Crippen LogP contribution in [0.25, 0.3) is 22.3 Å². The van der Waals surface area contributed by atoms with Crippen molar-refractivity contribution in [1.29, 1.82) is 0 Å².